The molecule has 0 saturated heterocycles. The van der Waals surface area contributed by atoms with E-state index in [0.717, 1.165) is 12.1 Å². The highest BCUT2D eigenvalue weighted by Crippen LogP contribution is 2.34. The zero-order valence-electron chi connectivity index (χ0n) is 20.6. The van der Waals surface area contributed by atoms with Crippen molar-refractivity contribution in [1.82, 2.24) is 14.5 Å². The van der Waals surface area contributed by atoms with Crippen LogP contribution in [-0.2, 0) is 6.18 Å². The van der Waals surface area contributed by atoms with Crippen LogP contribution >= 0.6 is 0 Å². The number of urea groups is 1. The molecule has 4 aromatic rings. The third-order valence-corrected chi connectivity index (χ3v) is 5.37. The van der Waals surface area contributed by atoms with Crippen molar-refractivity contribution in [3.8, 4) is 28.4 Å². The van der Waals surface area contributed by atoms with Crippen molar-refractivity contribution in [3.63, 3.8) is 0 Å². The van der Waals surface area contributed by atoms with Gasteiger partial charge in [0.15, 0.2) is 5.75 Å². The molecule has 38 heavy (non-hydrogen) atoms. The average Bonchev–Trinajstić information content (AvgIpc) is 3.31. The normalized spacial score (nSPS) is 11.2. The number of alkyl halides is 3. The topological polar surface area (TPSA) is 90.3 Å². The molecule has 8 nitrogen and oxygen atoms in total. The van der Waals surface area contributed by atoms with Gasteiger partial charge in [0.25, 0.3) is 5.88 Å². The fraction of sp³-hybridized carbons (Fsp3) is 0.192. The smallest absolute Gasteiger partial charge is 0.416 e. The van der Waals surface area contributed by atoms with Gasteiger partial charge in [-0.2, -0.15) is 13.2 Å². The molecular formula is C26H23F4N5O3. The van der Waals surface area contributed by atoms with Crippen LogP contribution in [-0.4, -0.2) is 34.3 Å². The van der Waals surface area contributed by atoms with E-state index in [0.29, 0.717) is 29.2 Å². The number of halogens is 4. The van der Waals surface area contributed by atoms with E-state index in [9.17, 15) is 22.4 Å². The Hall–Kier alpha value is -4.61. The standard InChI is InChI=1S/C26H23F4N5O3/c1-4-38-23-8-17(12-31-24(23)37-3)16-5-6-22(21(27)7-16)34-25(36)33-19-9-18(26(28,29)30)10-20(11-19)35-13-15(2)32-14-35/h5-14H,4H2,1-3H3,(H2,33,34,36). The molecule has 0 bridgehead atoms. The SMILES string of the molecule is CCOc1cc(-c2ccc(NC(=O)Nc3cc(-n4cnc(C)c4)cc(C(F)(F)F)c3)c(F)c2)cnc1OC. The predicted octanol–water partition coefficient (Wildman–Crippen LogP) is 6.45. The molecule has 0 saturated carbocycles. The van der Waals surface area contributed by atoms with Crippen LogP contribution < -0.4 is 20.1 Å². The number of carbonyl (C=O) groups excluding carboxylic acids is 1. The van der Waals surface area contributed by atoms with Gasteiger partial charge in [-0.15, -0.1) is 0 Å². The molecule has 0 unspecified atom stereocenters. The number of pyridine rings is 1. The highest BCUT2D eigenvalue weighted by atomic mass is 19.4. The van der Waals surface area contributed by atoms with Gasteiger partial charge in [0, 0.05) is 29.3 Å². The average molecular weight is 529 g/mol. The van der Waals surface area contributed by atoms with E-state index in [2.05, 4.69) is 20.6 Å². The van der Waals surface area contributed by atoms with Crippen LogP contribution in [0.4, 0.5) is 33.7 Å². The first-order chi connectivity index (χ1) is 18.1. The number of anilines is 2. The fourth-order valence-electron chi connectivity index (χ4n) is 3.64. The minimum Gasteiger partial charge on any atom is -0.488 e. The molecule has 2 aromatic carbocycles. The Morgan fingerprint density at radius 2 is 1.84 bits per heavy atom. The molecule has 0 aliphatic heterocycles. The number of benzene rings is 2. The number of carbonyl (C=O) groups is 1. The van der Waals surface area contributed by atoms with Gasteiger partial charge in [0.2, 0.25) is 0 Å². The van der Waals surface area contributed by atoms with Crippen LogP contribution in [0.2, 0.25) is 0 Å². The lowest BCUT2D eigenvalue weighted by Gasteiger charge is -2.14. The van der Waals surface area contributed by atoms with Gasteiger partial charge in [-0.25, -0.2) is 19.2 Å². The summed E-state index contributed by atoms with van der Waals surface area (Å²) >= 11 is 0. The molecule has 0 aliphatic carbocycles. The third-order valence-electron chi connectivity index (χ3n) is 5.37. The maximum absolute atomic E-state index is 14.9. The number of aromatic nitrogens is 3. The molecule has 2 aromatic heterocycles. The molecule has 0 spiro atoms. The minimum absolute atomic E-state index is 0.136. The number of hydrogen-bond acceptors (Lipinski definition) is 5. The first-order valence-electron chi connectivity index (χ1n) is 11.4. The van der Waals surface area contributed by atoms with Gasteiger partial charge < -0.3 is 24.7 Å². The Morgan fingerprint density at radius 1 is 1.05 bits per heavy atom. The van der Waals surface area contributed by atoms with E-state index < -0.39 is 23.6 Å². The number of hydrogen-bond donors (Lipinski definition) is 2. The number of nitrogens with one attached hydrogen (secondary N) is 2. The third kappa shape index (κ3) is 6.02. The second kappa shape index (κ2) is 10.8. The summed E-state index contributed by atoms with van der Waals surface area (Å²) in [4.78, 5) is 20.7. The fourth-order valence-corrected chi connectivity index (χ4v) is 3.64. The molecule has 0 aliphatic rings. The molecule has 0 atom stereocenters. The summed E-state index contributed by atoms with van der Waals surface area (Å²) in [5.74, 6) is -0.0854. The van der Waals surface area contributed by atoms with E-state index in [1.165, 1.54) is 42.4 Å². The van der Waals surface area contributed by atoms with Gasteiger partial charge in [-0.05, 0) is 55.8 Å². The summed E-state index contributed by atoms with van der Waals surface area (Å²) in [6, 6.07) is 7.89. The van der Waals surface area contributed by atoms with Crippen molar-refractivity contribution in [3.05, 3.63) is 78.3 Å². The predicted molar refractivity (Wildman–Crippen MR) is 133 cm³/mol. The monoisotopic (exact) mass is 529 g/mol. The molecule has 4 rings (SSSR count). The maximum atomic E-state index is 14.9. The second-order valence-electron chi connectivity index (χ2n) is 8.13. The van der Waals surface area contributed by atoms with Crippen LogP contribution in [0, 0.1) is 12.7 Å². The summed E-state index contributed by atoms with van der Waals surface area (Å²) in [5, 5.41) is 4.66. The first-order valence-corrected chi connectivity index (χ1v) is 11.4. The summed E-state index contributed by atoms with van der Waals surface area (Å²) in [5.41, 5.74) is 0.488. The van der Waals surface area contributed by atoms with E-state index in [-0.39, 0.29) is 22.9 Å². The quantitative estimate of drug-likeness (QED) is 0.269. The van der Waals surface area contributed by atoms with E-state index in [1.807, 2.05) is 0 Å². The van der Waals surface area contributed by atoms with E-state index in [4.69, 9.17) is 9.47 Å². The van der Waals surface area contributed by atoms with Crippen molar-refractivity contribution in [2.24, 2.45) is 0 Å². The van der Waals surface area contributed by atoms with Crippen molar-refractivity contribution >= 4 is 17.4 Å². The molecule has 2 amide bonds. The van der Waals surface area contributed by atoms with Gasteiger partial charge in [-0.1, -0.05) is 6.07 Å². The Labute approximate surface area is 215 Å². The number of imidazole rings is 1. The summed E-state index contributed by atoms with van der Waals surface area (Å²) in [6.07, 6.45) is -0.255. The van der Waals surface area contributed by atoms with Crippen LogP contribution in [0.5, 0.6) is 11.6 Å². The zero-order valence-corrected chi connectivity index (χ0v) is 20.6. The van der Waals surface area contributed by atoms with Crippen molar-refractivity contribution in [2.45, 2.75) is 20.0 Å². The number of amides is 2. The maximum Gasteiger partial charge on any atom is 0.416 e. The lowest BCUT2D eigenvalue weighted by atomic mass is 10.1. The number of rotatable bonds is 7. The Kier molecular flexibility index (Phi) is 7.51. The molecular weight excluding hydrogens is 506 g/mol. The molecule has 12 heteroatoms. The highest BCUT2D eigenvalue weighted by Gasteiger charge is 2.31. The molecule has 2 heterocycles. The number of aryl methyl sites for hydroxylation is 1. The zero-order chi connectivity index (χ0) is 27.4. The first kappa shape index (κ1) is 26.5. The van der Waals surface area contributed by atoms with Gasteiger partial charge in [0.1, 0.15) is 5.82 Å². The van der Waals surface area contributed by atoms with Gasteiger partial charge in [-0.3, -0.25) is 0 Å². The molecule has 2 N–H and O–H groups in total. The lowest BCUT2D eigenvalue weighted by molar-refractivity contribution is -0.137. The Balaban J connectivity index is 1.54. The largest absolute Gasteiger partial charge is 0.488 e. The van der Waals surface area contributed by atoms with Crippen LogP contribution in [0.15, 0.2) is 61.2 Å². The molecule has 0 radical (unpaired) electrons. The van der Waals surface area contributed by atoms with Crippen molar-refractivity contribution in [2.75, 3.05) is 24.4 Å². The summed E-state index contributed by atoms with van der Waals surface area (Å²) in [7, 11) is 1.45. The summed E-state index contributed by atoms with van der Waals surface area (Å²) < 4.78 is 67.3. The Morgan fingerprint density at radius 3 is 2.47 bits per heavy atom. The molecule has 0 fully saturated rings. The number of methoxy groups -OCH3 is 1. The highest BCUT2D eigenvalue weighted by molar-refractivity contribution is 6.00. The number of ether oxygens (including phenoxy) is 2. The number of nitrogens with zero attached hydrogens (tertiary/aromatic N) is 3. The van der Waals surface area contributed by atoms with Crippen LogP contribution in [0.1, 0.15) is 18.2 Å². The summed E-state index contributed by atoms with van der Waals surface area (Å²) in [6.45, 7) is 3.87. The Bertz CT molecular complexity index is 1470. The lowest BCUT2D eigenvalue weighted by Crippen LogP contribution is -2.20. The van der Waals surface area contributed by atoms with Gasteiger partial charge >= 0.3 is 12.2 Å². The second-order valence-corrected chi connectivity index (χ2v) is 8.13. The van der Waals surface area contributed by atoms with Crippen molar-refractivity contribution < 1.29 is 31.8 Å². The van der Waals surface area contributed by atoms with E-state index >= 15 is 0 Å². The van der Waals surface area contributed by atoms with Crippen LogP contribution in [0.25, 0.3) is 16.8 Å². The van der Waals surface area contributed by atoms with E-state index in [1.54, 1.807) is 32.2 Å². The van der Waals surface area contributed by atoms with Crippen molar-refractivity contribution in [1.29, 1.82) is 0 Å². The van der Waals surface area contributed by atoms with Gasteiger partial charge in [0.05, 0.1) is 37.0 Å². The molecule has 198 valence electrons. The minimum atomic E-state index is -4.65. The van der Waals surface area contributed by atoms with Crippen LogP contribution in [0.3, 0.4) is 0 Å².